The van der Waals surface area contributed by atoms with Crippen LogP contribution in [0.5, 0.6) is 0 Å². The van der Waals surface area contributed by atoms with Gasteiger partial charge in [-0.15, -0.1) is 0 Å². The maximum absolute atomic E-state index is 11.1. The molecule has 0 aliphatic heterocycles. The summed E-state index contributed by atoms with van der Waals surface area (Å²) in [5.74, 6) is 0. The lowest BCUT2D eigenvalue weighted by Crippen LogP contribution is -2.05. The molecular formula is C11H8ClNO2. The molecular weight excluding hydrogens is 214 g/mol. The van der Waals surface area contributed by atoms with Gasteiger partial charge in [-0.3, -0.25) is 9.59 Å². The van der Waals surface area contributed by atoms with Crippen LogP contribution in [0.3, 0.4) is 0 Å². The van der Waals surface area contributed by atoms with E-state index < -0.39 is 5.24 Å². The fraction of sp³-hybridized carbons (Fsp3) is 0.0909. The maximum atomic E-state index is 11.1. The van der Waals surface area contributed by atoms with Crippen LogP contribution >= 0.6 is 11.6 Å². The Balaban J connectivity index is 2.94. The van der Waals surface area contributed by atoms with Gasteiger partial charge in [-0.05, 0) is 36.2 Å². The highest BCUT2D eigenvalue weighted by Crippen LogP contribution is 2.20. The molecule has 1 aromatic carbocycles. The van der Waals surface area contributed by atoms with Crippen LogP contribution in [0, 0.1) is 6.92 Å². The molecule has 0 spiro atoms. The summed E-state index contributed by atoms with van der Waals surface area (Å²) in [6.07, 6.45) is 0. The number of aromatic nitrogens is 1. The molecule has 0 aliphatic rings. The minimum Gasteiger partial charge on any atom is -0.322 e. The third-order valence-corrected chi connectivity index (χ3v) is 2.52. The summed E-state index contributed by atoms with van der Waals surface area (Å²) in [5.41, 5.74) is 1.79. The number of rotatable bonds is 1. The van der Waals surface area contributed by atoms with E-state index in [-0.39, 0.29) is 5.56 Å². The van der Waals surface area contributed by atoms with Gasteiger partial charge in [0.05, 0.1) is 5.52 Å². The summed E-state index contributed by atoms with van der Waals surface area (Å²) in [5, 5.41) is 0.154. The van der Waals surface area contributed by atoms with Crippen LogP contribution in [0.25, 0.3) is 10.9 Å². The standard InChI is InChI=1S/C11H8ClNO2/c1-6-2-3-8(11(12)15)7-4-5-9(14)13-10(6)7/h2-5H,1H3,(H,13,14). The van der Waals surface area contributed by atoms with Crippen LogP contribution in [-0.2, 0) is 0 Å². The van der Waals surface area contributed by atoms with Crippen molar-refractivity contribution in [2.24, 2.45) is 0 Å². The second-order valence-corrected chi connectivity index (χ2v) is 3.66. The first-order chi connectivity index (χ1) is 7.09. The number of hydrogen-bond donors (Lipinski definition) is 1. The lowest BCUT2D eigenvalue weighted by atomic mass is 10.1. The average molecular weight is 222 g/mol. The number of halogens is 1. The first kappa shape index (κ1) is 9.93. The molecule has 0 fully saturated rings. The molecule has 1 aromatic heterocycles. The van der Waals surface area contributed by atoms with Crippen LogP contribution in [0.2, 0.25) is 0 Å². The van der Waals surface area contributed by atoms with Gasteiger partial charge in [0.15, 0.2) is 0 Å². The van der Waals surface area contributed by atoms with Crippen LogP contribution in [0.1, 0.15) is 15.9 Å². The molecule has 0 unspecified atom stereocenters. The van der Waals surface area contributed by atoms with Gasteiger partial charge < -0.3 is 4.98 Å². The van der Waals surface area contributed by atoms with Crippen molar-refractivity contribution in [2.45, 2.75) is 6.92 Å². The summed E-state index contributed by atoms with van der Waals surface area (Å²) >= 11 is 5.44. The predicted molar refractivity (Wildman–Crippen MR) is 59.5 cm³/mol. The molecule has 0 atom stereocenters. The van der Waals surface area contributed by atoms with Crippen LogP contribution in [-0.4, -0.2) is 10.2 Å². The fourth-order valence-electron chi connectivity index (χ4n) is 1.56. The van der Waals surface area contributed by atoms with Gasteiger partial charge in [-0.2, -0.15) is 0 Å². The van der Waals surface area contributed by atoms with E-state index >= 15 is 0 Å². The molecule has 0 bridgehead atoms. The van der Waals surface area contributed by atoms with Gasteiger partial charge in [0.2, 0.25) is 5.56 Å². The van der Waals surface area contributed by atoms with E-state index in [1.54, 1.807) is 18.2 Å². The number of hydrogen-bond acceptors (Lipinski definition) is 2. The third-order valence-electron chi connectivity index (χ3n) is 2.32. The Morgan fingerprint density at radius 1 is 1.27 bits per heavy atom. The summed E-state index contributed by atoms with van der Waals surface area (Å²) in [4.78, 5) is 25.0. The SMILES string of the molecule is Cc1ccc(C(=O)Cl)c2ccc(=O)[nH]c12. The van der Waals surface area contributed by atoms with Gasteiger partial charge in [-0.1, -0.05) is 6.07 Å². The Kier molecular flexibility index (Phi) is 2.32. The number of nitrogens with one attached hydrogen (secondary N) is 1. The Morgan fingerprint density at radius 3 is 2.67 bits per heavy atom. The van der Waals surface area contributed by atoms with Crippen molar-refractivity contribution in [3.63, 3.8) is 0 Å². The van der Waals surface area contributed by atoms with Crippen molar-refractivity contribution in [3.8, 4) is 0 Å². The van der Waals surface area contributed by atoms with Gasteiger partial charge >= 0.3 is 0 Å². The molecule has 1 N–H and O–H groups in total. The second kappa shape index (κ2) is 3.51. The van der Waals surface area contributed by atoms with E-state index in [0.29, 0.717) is 16.5 Å². The molecule has 2 rings (SSSR count). The zero-order chi connectivity index (χ0) is 11.0. The second-order valence-electron chi connectivity index (χ2n) is 3.31. The summed E-state index contributed by atoms with van der Waals surface area (Å²) < 4.78 is 0. The molecule has 76 valence electrons. The van der Waals surface area contributed by atoms with Crippen molar-refractivity contribution in [1.29, 1.82) is 0 Å². The highest BCUT2D eigenvalue weighted by molar-refractivity contribution is 6.68. The number of fused-ring (bicyclic) bond motifs is 1. The molecule has 2 aromatic rings. The Labute approximate surface area is 90.7 Å². The highest BCUT2D eigenvalue weighted by atomic mass is 35.5. The van der Waals surface area contributed by atoms with Crippen molar-refractivity contribution < 1.29 is 4.79 Å². The molecule has 0 radical (unpaired) electrons. The first-order valence-electron chi connectivity index (χ1n) is 4.42. The van der Waals surface area contributed by atoms with E-state index in [9.17, 15) is 9.59 Å². The molecule has 0 amide bonds. The van der Waals surface area contributed by atoms with E-state index in [0.717, 1.165) is 5.56 Å². The minimum absolute atomic E-state index is 0.190. The topological polar surface area (TPSA) is 49.9 Å². The van der Waals surface area contributed by atoms with Gasteiger partial charge in [0, 0.05) is 17.0 Å². The Morgan fingerprint density at radius 2 is 2.00 bits per heavy atom. The third kappa shape index (κ3) is 1.66. The van der Waals surface area contributed by atoms with E-state index in [4.69, 9.17) is 11.6 Å². The van der Waals surface area contributed by atoms with Crippen molar-refractivity contribution in [1.82, 2.24) is 4.98 Å². The van der Waals surface area contributed by atoms with Crippen LogP contribution in [0.4, 0.5) is 0 Å². The zero-order valence-electron chi connectivity index (χ0n) is 8.00. The summed E-state index contributed by atoms with van der Waals surface area (Å²) in [6.45, 7) is 1.86. The monoisotopic (exact) mass is 221 g/mol. The van der Waals surface area contributed by atoms with Crippen LogP contribution in [0.15, 0.2) is 29.1 Å². The number of H-pyrrole nitrogens is 1. The number of aromatic amines is 1. The summed E-state index contributed by atoms with van der Waals surface area (Å²) in [7, 11) is 0. The highest BCUT2D eigenvalue weighted by Gasteiger charge is 2.09. The van der Waals surface area contributed by atoms with Crippen molar-refractivity contribution >= 4 is 27.7 Å². The molecule has 15 heavy (non-hydrogen) atoms. The van der Waals surface area contributed by atoms with E-state index in [1.165, 1.54) is 6.07 Å². The van der Waals surface area contributed by atoms with Gasteiger partial charge in [0.25, 0.3) is 5.24 Å². The zero-order valence-corrected chi connectivity index (χ0v) is 8.76. The van der Waals surface area contributed by atoms with Crippen molar-refractivity contribution in [3.05, 3.63) is 45.7 Å². The molecule has 0 aliphatic carbocycles. The lowest BCUT2D eigenvalue weighted by Gasteiger charge is -2.04. The minimum atomic E-state index is -0.521. The number of benzene rings is 1. The molecule has 0 saturated carbocycles. The van der Waals surface area contributed by atoms with Crippen LogP contribution < -0.4 is 5.56 Å². The number of carbonyl (C=O) groups is 1. The predicted octanol–water partition coefficient (Wildman–Crippen LogP) is 2.22. The molecule has 0 saturated heterocycles. The quantitative estimate of drug-likeness (QED) is 0.751. The Hall–Kier alpha value is -1.61. The normalized spacial score (nSPS) is 10.5. The number of aryl methyl sites for hydroxylation is 1. The maximum Gasteiger partial charge on any atom is 0.253 e. The number of carbonyl (C=O) groups excluding carboxylic acids is 1. The molecule has 4 heteroatoms. The molecule has 1 heterocycles. The smallest absolute Gasteiger partial charge is 0.253 e. The van der Waals surface area contributed by atoms with Gasteiger partial charge in [-0.25, -0.2) is 0 Å². The summed E-state index contributed by atoms with van der Waals surface area (Å²) in [6, 6.07) is 6.40. The van der Waals surface area contributed by atoms with E-state index in [1.807, 2.05) is 6.92 Å². The average Bonchev–Trinajstić information content (AvgIpc) is 2.19. The number of pyridine rings is 1. The first-order valence-corrected chi connectivity index (χ1v) is 4.80. The van der Waals surface area contributed by atoms with Gasteiger partial charge in [0.1, 0.15) is 0 Å². The van der Waals surface area contributed by atoms with Crippen molar-refractivity contribution in [2.75, 3.05) is 0 Å². The van der Waals surface area contributed by atoms with E-state index in [2.05, 4.69) is 4.98 Å². The Bertz CT molecular complexity index is 601. The fourth-order valence-corrected chi connectivity index (χ4v) is 1.73. The lowest BCUT2D eigenvalue weighted by molar-refractivity contribution is 0.108. The molecule has 3 nitrogen and oxygen atoms in total. The largest absolute Gasteiger partial charge is 0.322 e.